The molecule has 66 valence electrons. The molecule has 1 rings (SSSR count). The van der Waals surface area contributed by atoms with E-state index in [0.29, 0.717) is 0 Å². The summed E-state index contributed by atoms with van der Waals surface area (Å²) in [4.78, 5) is 0. The van der Waals surface area contributed by atoms with Gasteiger partial charge in [-0.1, -0.05) is 0 Å². The smallest absolute Gasteiger partial charge is 0.167 e. The highest BCUT2D eigenvalue weighted by atomic mass is 19.2. The van der Waals surface area contributed by atoms with Gasteiger partial charge in [-0.05, 0) is 18.6 Å². The van der Waals surface area contributed by atoms with Crippen LogP contribution in [-0.4, -0.2) is 5.11 Å². The number of halogens is 3. The lowest BCUT2D eigenvalue weighted by molar-refractivity contribution is 0.266. The molecule has 1 nitrogen and oxygen atoms in total. The number of aliphatic hydroxyl groups excluding tert-OH is 1. The second-order valence-electron chi connectivity index (χ2n) is 2.44. The molecule has 0 heterocycles. The molecule has 0 saturated carbocycles. The highest BCUT2D eigenvalue weighted by molar-refractivity contribution is 5.26. The molecule has 0 fully saturated rings. The van der Waals surface area contributed by atoms with E-state index in [9.17, 15) is 13.2 Å². The molecule has 0 aliphatic rings. The summed E-state index contributed by atoms with van der Waals surface area (Å²) in [6.07, 6.45) is 0. The SMILES string of the molecule is Cc1cc(F)c(CO)c(F)c1F. The quantitative estimate of drug-likeness (QED) is 0.648. The Labute approximate surface area is 67.5 Å². The third kappa shape index (κ3) is 1.30. The minimum absolute atomic E-state index is 0.109. The maximum absolute atomic E-state index is 12.7. The van der Waals surface area contributed by atoms with Crippen molar-refractivity contribution in [2.75, 3.05) is 0 Å². The first kappa shape index (κ1) is 9.06. The van der Waals surface area contributed by atoms with Crippen LogP contribution in [0.5, 0.6) is 0 Å². The summed E-state index contributed by atoms with van der Waals surface area (Å²) in [5.41, 5.74) is -0.736. The molecule has 0 unspecified atom stereocenters. The fourth-order valence-corrected chi connectivity index (χ4v) is 0.896. The summed E-state index contributed by atoms with van der Waals surface area (Å²) in [7, 11) is 0. The lowest BCUT2D eigenvalue weighted by atomic mass is 10.1. The topological polar surface area (TPSA) is 20.2 Å². The predicted octanol–water partition coefficient (Wildman–Crippen LogP) is 1.90. The van der Waals surface area contributed by atoms with E-state index in [0.717, 1.165) is 6.07 Å². The van der Waals surface area contributed by atoms with Gasteiger partial charge in [0.05, 0.1) is 12.2 Å². The molecular weight excluding hydrogens is 169 g/mol. The van der Waals surface area contributed by atoms with Gasteiger partial charge in [-0.15, -0.1) is 0 Å². The molecule has 0 aromatic heterocycles. The number of aryl methyl sites for hydroxylation is 1. The van der Waals surface area contributed by atoms with Gasteiger partial charge in [0, 0.05) is 0 Å². The largest absolute Gasteiger partial charge is 0.391 e. The molecule has 4 heteroatoms. The standard InChI is InChI=1S/C8H7F3O/c1-4-2-6(9)5(3-12)8(11)7(4)10/h2,12H,3H2,1H3. The van der Waals surface area contributed by atoms with Crippen LogP contribution in [0.1, 0.15) is 11.1 Å². The normalized spacial score (nSPS) is 10.4. The van der Waals surface area contributed by atoms with Crippen LogP contribution in [-0.2, 0) is 6.61 Å². The van der Waals surface area contributed by atoms with Crippen molar-refractivity contribution in [2.24, 2.45) is 0 Å². The van der Waals surface area contributed by atoms with Crippen molar-refractivity contribution in [1.82, 2.24) is 0 Å². The zero-order chi connectivity index (χ0) is 9.30. The molecule has 0 amide bonds. The zero-order valence-electron chi connectivity index (χ0n) is 6.37. The van der Waals surface area contributed by atoms with Crippen molar-refractivity contribution in [1.29, 1.82) is 0 Å². The van der Waals surface area contributed by atoms with Crippen LogP contribution < -0.4 is 0 Å². The molecule has 0 aliphatic heterocycles. The number of hydrogen-bond donors (Lipinski definition) is 1. The predicted molar refractivity (Wildman–Crippen MR) is 37.0 cm³/mol. The Kier molecular flexibility index (Phi) is 2.38. The molecule has 0 aliphatic carbocycles. The van der Waals surface area contributed by atoms with Crippen molar-refractivity contribution >= 4 is 0 Å². The summed E-state index contributed by atoms with van der Waals surface area (Å²) in [5, 5.41) is 8.47. The van der Waals surface area contributed by atoms with E-state index in [1.165, 1.54) is 6.92 Å². The number of benzene rings is 1. The number of rotatable bonds is 1. The van der Waals surface area contributed by atoms with Gasteiger partial charge in [0.25, 0.3) is 0 Å². The lowest BCUT2D eigenvalue weighted by Crippen LogP contribution is -2.01. The minimum atomic E-state index is -1.31. The summed E-state index contributed by atoms with van der Waals surface area (Å²) < 4.78 is 38.2. The molecule has 0 saturated heterocycles. The van der Waals surface area contributed by atoms with E-state index >= 15 is 0 Å². The Morgan fingerprint density at radius 1 is 1.25 bits per heavy atom. The van der Waals surface area contributed by atoms with Gasteiger partial charge in [0.15, 0.2) is 11.6 Å². The third-order valence-corrected chi connectivity index (χ3v) is 1.59. The van der Waals surface area contributed by atoms with Crippen molar-refractivity contribution in [3.8, 4) is 0 Å². The van der Waals surface area contributed by atoms with E-state index in [1.807, 2.05) is 0 Å². The first-order valence-electron chi connectivity index (χ1n) is 3.31. The highest BCUT2D eigenvalue weighted by Crippen LogP contribution is 2.18. The summed E-state index contributed by atoms with van der Waals surface area (Å²) in [6.45, 7) is 0.414. The summed E-state index contributed by atoms with van der Waals surface area (Å²) in [5.74, 6) is -3.34. The van der Waals surface area contributed by atoms with Crippen molar-refractivity contribution in [2.45, 2.75) is 13.5 Å². The maximum Gasteiger partial charge on any atom is 0.167 e. The number of aliphatic hydroxyl groups is 1. The molecule has 0 bridgehead atoms. The van der Waals surface area contributed by atoms with E-state index in [2.05, 4.69) is 0 Å². The van der Waals surface area contributed by atoms with E-state index in [-0.39, 0.29) is 5.56 Å². The van der Waals surface area contributed by atoms with Gasteiger partial charge in [-0.3, -0.25) is 0 Å². The van der Waals surface area contributed by atoms with Gasteiger partial charge in [0.1, 0.15) is 5.82 Å². The molecular formula is C8H7F3O. The molecule has 12 heavy (non-hydrogen) atoms. The van der Waals surface area contributed by atoms with Crippen LogP contribution in [0.2, 0.25) is 0 Å². The Morgan fingerprint density at radius 3 is 2.33 bits per heavy atom. The molecule has 1 aromatic carbocycles. The average Bonchev–Trinajstić information content (AvgIpc) is 2.01. The van der Waals surface area contributed by atoms with Crippen LogP contribution in [0.15, 0.2) is 6.07 Å². The van der Waals surface area contributed by atoms with Gasteiger partial charge in [-0.2, -0.15) is 0 Å². The molecule has 0 radical (unpaired) electrons. The number of hydrogen-bond acceptors (Lipinski definition) is 1. The van der Waals surface area contributed by atoms with Gasteiger partial charge in [0.2, 0.25) is 0 Å². The first-order valence-corrected chi connectivity index (χ1v) is 3.31. The van der Waals surface area contributed by atoms with Crippen LogP contribution >= 0.6 is 0 Å². The first-order chi connectivity index (χ1) is 5.57. The van der Waals surface area contributed by atoms with Crippen LogP contribution in [0, 0.1) is 24.4 Å². The van der Waals surface area contributed by atoms with Crippen molar-refractivity contribution < 1.29 is 18.3 Å². The van der Waals surface area contributed by atoms with Crippen LogP contribution in [0.25, 0.3) is 0 Å². The molecule has 1 aromatic rings. The maximum atomic E-state index is 12.7. The van der Waals surface area contributed by atoms with Crippen molar-refractivity contribution in [3.63, 3.8) is 0 Å². The fourth-order valence-electron chi connectivity index (χ4n) is 0.896. The van der Waals surface area contributed by atoms with Crippen LogP contribution in [0.4, 0.5) is 13.2 Å². The van der Waals surface area contributed by atoms with Crippen molar-refractivity contribution in [3.05, 3.63) is 34.6 Å². The van der Waals surface area contributed by atoms with E-state index in [1.54, 1.807) is 0 Å². The van der Waals surface area contributed by atoms with Gasteiger partial charge < -0.3 is 5.11 Å². The van der Waals surface area contributed by atoms with Gasteiger partial charge >= 0.3 is 0 Å². The lowest BCUT2D eigenvalue weighted by Gasteiger charge is -2.04. The third-order valence-electron chi connectivity index (χ3n) is 1.59. The summed E-state index contributed by atoms with van der Waals surface area (Å²) >= 11 is 0. The second-order valence-corrected chi connectivity index (χ2v) is 2.44. The molecule has 0 spiro atoms. The monoisotopic (exact) mass is 176 g/mol. The minimum Gasteiger partial charge on any atom is -0.391 e. The fraction of sp³-hybridized carbons (Fsp3) is 0.250. The zero-order valence-corrected chi connectivity index (χ0v) is 6.37. The Morgan fingerprint density at radius 2 is 1.83 bits per heavy atom. The highest BCUT2D eigenvalue weighted by Gasteiger charge is 2.15. The molecule has 1 N–H and O–H groups in total. The van der Waals surface area contributed by atoms with Crippen LogP contribution in [0.3, 0.4) is 0 Å². The van der Waals surface area contributed by atoms with E-state index in [4.69, 9.17) is 5.11 Å². The van der Waals surface area contributed by atoms with Gasteiger partial charge in [-0.25, -0.2) is 13.2 Å². The Balaban J connectivity index is 3.40. The molecule has 0 atom stereocenters. The Hall–Kier alpha value is -1.03. The van der Waals surface area contributed by atoms with E-state index < -0.39 is 29.6 Å². The second kappa shape index (κ2) is 3.15. The average molecular weight is 176 g/mol. The summed E-state index contributed by atoms with van der Waals surface area (Å²) in [6, 6.07) is 0.851. The Bertz CT molecular complexity index is 310.